The minimum atomic E-state index is -0.676. The molecule has 2 rings (SSSR count). The summed E-state index contributed by atoms with van der Waals surface area (Å²) < 4.78 is 1.44. The van der Waals surface area contributed by atoms with Gasteiger partial charge < -0.3 is 21.1 Å². The van der Waals surface area contributed by atoms with Crippen molar-refractivity contribution in [2.45, 2.75) is 13.8 Å². The number of hydrogen-bond donors (Lipinski definition) is 3. The van der Waals surface area contributed by atoms with Crippen molar-refractivity contribution in [3.05, 3.63) is 63.3 Å². The number of rotatable bonds is 4. The van der Waals surface area contributed by atoms with Crippen molar-refractivity contribution in [1.29, 1.82) is 0 Å². The van der Waals surface area contributed by atoms with E-state index in [1.807, 2.05) is 0 Å². The first kappa shape index (κ1) is 18.0. The van der Waals surface area contributed by atoms with Gasteiger partial charge in [-0.3, -0.25) is 9.59 Å². The van der Waals surface area contributed by atoms with Crippen LogP contribution in [0.15, 0.2) is 40.9 Å². The maximum Gasteiger partial charge on any atom is 0.272 e. The van der Waals surface area contributed by atoms with Gasteiger partial charge >= 0.3 is 0 Å². The second-order valence-corrected chi connectivity index (χ2v) is 5.48. The molecular formula is C18H20N4O3. The molecule has 1 aromatic carbocycles. The average Bonchev–Trinajstić information content (AvgIpc) is 2.57. The van der Waals surface area contributed by atoms with Gasteiger partial charge in [-0.05, 0) is 32.1 Å². The molecule has 7 nitrogen and oxygen atoms in total. The van der Waals surface area contributed by atoms with Crippen molar-refractivity contribution in [3.8, 4) is 0 Å². The topological polar surface area (TPSA) is 124 Å². The molecule has 0 aliphatic carbocycles. The number of allylic oxidation sites excluding steroid dienone is 4. The molecule has 130 valence electrons. The van der Waals surface area contributed by atoms with Gasteiger partial charge in [0, 0.05) is 12.6 Å². The zero-order chi connectivity index (χ0) is 18.7. The summed E-state index contributed by atoms with van der Waals surface area (Å²) in [6.45, 7) is 3.30. The van der Waals surface area contributed by atoms with Crippen LogP contribution in [-0.4, -0.2) is 20.6 Å². The van der Waals surface area contributed by atoms with Crippen LogP contribution < -0.4 is 17.0 Å². The number of primary amides is 1. The van der Waals surface area contributed by atoms with Gasteiger partial charge in [0.15, 0.2) is 0 Å². The lowest BCUT2D eigenvalue weighted by atomic mass is 10.0. The van der Waals surface area contributed by atoms with Crippen LogP contribution in [0.3, 0.4) is 0 Å². The number of carbonyl (C=O) groups excluding carboxylic acids is 1. The van der Waals surface area contributed by atoms with Crippen LogP contribution in [-0.2, 0) is 7.05 Å². The monoisotopic (exact) mass is 340 g/mol. The minimum Gasteiger partial charge on any atom is -0.508 e. The average molecular weight is 340 g/mol. The number of nitrogen functional groups attached to an aromatic ring is 1. The normalized spacial score (nSPS) is 12.5. The van der Waals surface area contributed by atoms with Gasteiger partial charge in [0.1, 0.15) is 11.5 Å². The second-order valence-electron chi connectivity index (χ2n) is 5.48. The lowest BCUT2D eigenvalue weighted by Crippen LogP contribution is -2.23. The van der Waals surface area contributed by atoms with Crippen molar-refractivity contribution in [2.75, 3.05) is 5.73 Å². The molecule has 0 aliphatic rings. The highest BCUT2D eigenvalue weighted by Crippen LogP contribution is 2.27. The number of anilines is 1. The van der Waals surface area contributed by atoms with Crippen LogP contribution in [0.25, 0.3) is 17.1 Å². The summed E-state index contributed by atoms with van der Waals surface area (Å²) in [6, 6.07) is 1.48. The first-order chi connectivity index (χ1) is 11.8. The first-order valence-corrected chi connectivity index (χ1v) is 7.57. The molecular weight excluding hydrogens is 320 g/mol. The maximum absolute atomic E-state index is 12.2. The Morgan fingerprint density at radius 3 is 2.64 bits per heavy atom. The van der Waals surface area contributed by atoms with E-state index in [0.29, 0.717) is 22.3 Å². The van der Waals surface area contributed by atoms with Crippen molar-refractivity contribution >= 4 is 28.7 Å². The van der Waals surface area contributed by atoms with Crippen molar-refractivity contribution in [3.63, 3.8) is 0 Å². The van der Waals surface area contributed by atoms with E-state index in [-0.39, 0.29) is 22.6 Å². The molecule has 25 heavy (non-hydrogen) atoms. The number of carbonyl (C=O) groups is 1. The Labute approximate surface area is 144 Å². The molecule has 0 unspecified atom stereocenters. The van der Waals surface area contributed by atoms with Gasteiger partial charge in [-0.2, -0.15) is 0 Å². The minimum absolute atomic E-state index is 0.109. The largest absolute Gasteiger partial charge is 0.508 e. The summed E-state index contributed by atoms with van der Waals surface area (Å²) in [6.07, 6.45) is 7.92. The number of nitrogens with zero attached hydrogens (tertiary/aromatic N) is 2. The molecule has 5 N–H and O–H groups in total. The number of amides is 1. The smallest absolute Gasteiger partial charge is 0.272 e. The summed E-state index contributed by atoms with van der Waals surface area (Å²) in [5.41, 5.74) is 13.3. The Morgan fingerprint density at radius 2 is 2.04 bits per heavy atom. The molecule has 1 aromatic heterocycles. The van der Waals surface area contributed by atoms with Gasteiger partial charge in [0.25, 0.3) is 11.5 Å². The molecule has 0 atom stereocenters. The highest BCUT2D eigenvalue weighted by Gasteiger charge is 2.17. The van der Waals surface area contributed by atoms with E-state index in [1.54, 1.807) is 39.1 Å². The lowest BCUT2D eigenvalue weighted by Gasteiger charge is -2.13. The predicted molar refractivity (Wildman–Crippen MR) is 99.2 cm³/mol. The van der Waals surface area contributed by atoms with Crippen LogP contribution in [0.5, 0.6) is 0 Å². The van der Waals surface area contributed by atoms with E-state index in [9.17, 15) is 14.7 Å². The molecule has 1 heterocycles. The van der Waals surface area contributed by atoms with Crippen LogP contribution >= 0.6 is 0 Å². The van der Waals surface area contributed by atoms with E-state index in [1.165, 1.54) is 22.8 Å². The quantitative estimate of drug-likeness (QED) is 0.446. The number of hydrogen-bond acceptors (Lipinski definition) is 5. The molecule has 7 heteroatoms. The van der Waals surface area contributed by atoms with Crippen molar-refractivity contribution in [2.24, 2.45) is 12.8 Å². The van der Waals surface area contributed by atoms with E-state index in [0.717, 1.165) is 0 Å². The van der Waals surface area contributed by atoms with Gasteiger partial charge in [-0.25, -0.2) is 4.98 Å². The highest BCUT2D eigenvalue weighted by molar-refractivity contribution is 6.05. The Bertz CT molecular complexity index is 998. The number of nitrogens with two attached hydrogens (primary N) is 2. The van der Waals surface area contributed by atoms with E-state index < -0.39 is 5.91 Å². The number of aryl methyl sites for hydroxylation is 2. The summed E-state index contributed by atoms with van der Waals surface area (Å²) in [5.74, 6) is -0.567. The fourth-order valence-corrected chi connectivity index (χ4v) is 2.48. The number of aliphatic hydroxyl groups is 1. The fraction of sp³-hybridized carbons (Fsp3) is 0.167. The van der Waals surface area contributed by atoms with Gasteiger partial charge in [-0.15, -0.1) is 0 Å². The molecule has 0 aliphatic heterocycles. The van der Waals surface area contributed by atoms with Crippen LogP contribution in [0.1, 0.15) is 28.5 Å². The molecule has 0 saturated carbocycles. The van der Waals surface area contributed by atoms with Gasteiger partial charge in [0.05, 0.1) is 22.3 Å². The zero-order valence-corrected chi connectivity index (χ0v) is 14.3. The lowest BCUT2D eigenvalue weighted by molar-refractivity contribution is 0.100. The van der Waals surface area contributed by atoms with Crippen LogP contribution in [0.2, 0.25) is 0 Å². The maximum atomic E-state index is 12.2. The highest BCUT2D eigenvalue weighted by atomic mass is 16.3. The third-order valence-corrected chi connectivity index (χ3v) is 3.80. The number of benzene rings is 1. The number of aromatic nitrogens is 2. The molecule has 0 fully saturated rings. The first-order valence-electron chi connectivity index (χ1n) is 7.57. The molecule has 1 amide bonds. The summed E-state index contributed by atoms with van der Waals surface area (Å²) in [7, 11) is 1.61. The van der Waals surface area contributed by atoms with Crippen LogP contribution in [0.4, 0.5) is 5.69 Å². The molecule has 0 radical (unpaired) electrons. The third-order valence-electron chi connectivity index (χ3n) is 3.80. The Hall–Kier alpha value is -3.35. The molecule has 0 saturated heterocycles. The third kappa shape index (κ3) is 3.45. The Kier molecular flexibility index (Phi) is 5.07. The fourth-order valence-electron chi connectivity index (χ4n) is 2.48. The Balaban J connectivity index is 2.79. The standard InChI is InChI=1S/C18H20N4O3/c1-4-11(23)7-5-6-8-12-15(19)13(17(20)24)9-14-16(12)22(3)18(25)10(2)21-14/h4-9,23H,19H2,1-3H3,(H2,20,24)/b7-5-,8-6+,11-4-. The SMILES string of the molecule is C/C=C(O)/C=C\C=C\c1c(N)c(C(N)=O)cc2nc(C)c(=O)n(C)c12. The second kappa shape index (κ2) is 7.04. The van der Waals surface area contributed by atoms with Gasteiger partial charge in [0.2, 0.25) is 0 Å². The van der Waals surface area contributed by atoms with E-state index >= 15 is 0 Å². The number of aliphatic hydroxyl groups excluding tert-OH is 1. The summed E-state index contributed by atoms with van der Waals surface area (Å²) >= 11 is 0. The van der Waals surface area contributed by atoms with E-state index in [4.69, 9.17) is 11.5 Å². The Morgan fingerprint density at radius 1 is 1.36 bits per heavy atom. The van der Waals surface area contributed by atoms with Crippen LogP contribution in [0, 0.1) is 6.92 Å². The summed E-state index contributed by atoms with van der Waals surface area (Å²) in [4.78, 5) is 28.1. The van der Waals surface area contributed by atoms with Gasteiger partial charge in [-0.1, -0.05) is 18.2 Å². The predicted octanol–water partition coefficient (Wildman–Crippen LogP) is 1.95. The molecule has 0 bridgehead atoms. The van der Waals surface area contributed by atoms with Crippen molar-refractivity contribution < 1.29 is 9.90 Å². The van der Waals surface area contributed by atoms with E-state index in [2.05, 4.69) is 4.98 Å². The molecule has 0 spiro atoms. The number of fused-ring (bicyclic) bond motifs is 1. The molecule has 2 aromatic rings. The van der Waals surface area contributed by atoms with Crippen molar-refractivity contribution in [1.82, 2.24) is 9.55 Å². The zero-order valence-electron chi connectivity index (χ0n) is 14.3. The summed E-state index contributed by atoms with van der Waals surface area (Å²) in [5, 5.41) is 9.41.